The fourth-order valence-electron chi connectivity index (χ4n) is 2.97. The molecule has 0 aliphatic rings. The average molecular weight is 458 g/mol. The summed E-state index contributed by atoms with van der Waals surface area (Å²) in [5, 5.41) is 4.54. The molecule has 0 spiro atoms. The number of halogens is 6. The van der Waals surface area contributed by atoms with E-state index in [9.17, 15) is 31.1 Å². The zero-order valence-electron chi connectivity index (χ0n) is 17.6. The molecule has 1 unspecified atom stereocenters. The van der Waals surface area contributed by atoms with Crippen molar-refractivity contribution in [1.29, 1.82) is 0 Å². The van der Waals surface area contributed by atoms with Crippen LogP contribution in [0.3, 0.4) is 0 Å². The lowest BCUT2D eigenvalue weighted by Crippen LogP contribution is -2.32. The van der Waals surface area contributed by atoms with E-state index in [0.717, 1.165) is 24.0 Å². The van der Waals surface area contributed by atoms with Crippen molar-refractivity contribution in [3.05, 3.63) is 71.3 Å². The van der Waals surface area contributed by atoms with Gasteiger partial charge in [-0.2, -0.15) is 26.3 Å². The van der Waals surface area contributed by atoms with Crippen LogP contribution in [-0.4, -0.2) is 12.6 Å². The standard InChI is InChI=1S/C23H24F6N2O/c1-15(7-6-8-16(2)17-9-4-3-5-10-17)14-30-21(32)31-20-12-18(22(24,25)26)11-19(13-20)23(27,28)29/h3-5,8-13,15H,6-7,14H2,1-2H3,(H2,30,31,32)/b16-8+. The van der Waals surface area contributed by atoms with Crippen molar-refractivity contribution in [2.45, 2.75) is 39.0 Å². The second-order valence-electron chi connectivity index (χ2n) is 7.57. The van der Waals surface area contributed by atoms with E-state index in [-0.39, 0.29) is 18.5 Å². The first kappa shape index (κ1) is 25.3. The molecule has 2 rings (SSSR count). The predicted molar refractivity (Wildman–Crippen MR) is 112 cm³/mol. The summed E-state index contributed by atoms with van der Waals surface area (Å²) in [7, 11) is 0. The van der Waals surface area contributed by atoms with Crippen LogP contribution in [0.1, 0.15) is 43.4 Å². The number of urea groups is 1. The lowest BCUT2D eigenvalue weighted by Gasteiger charge is -2.16. The normalized spacial score (nSPS) is 13.6. The fraction of sp³-hybridized carbons (Fsp3) is 0.348. The first-order valence-corrected chi connectivity index (χ1v) is 9.93. The molecule has 0 saturated heterocycles. The number of carbonyl (C=O) groups excluding carboxylic acids is 1. The quantitative estimate of drug-likeness (QED) is 0.418. The van der Waals surface area contributed by atoms with Gasteiger partial charge < -0.3 is 10.6 Å². The Morgan fingerprint density at radius 2 is 1.53 bits per heavy atom. The topological polar surface area (TPSA) is 41.1 Å². The molecule has 0 aliphatic heterocycles. The summed E-state index contributed by atoms with van der Waals surface area (Å²) < 4.78 is 77.5. The van der Waals surface area contributed by atoms with Gasteiger partial charge in [-0.1, -0.05) is 43.3 Å². The molecular weight excluding hydrogens is 434 g/mol. The summed E-state index contributed by atoms with van der Waals surface area (Å²) in [6, 6.07) is 9.89. The van der Waals surface area contributed by atoms with E-state index >= 15 is 0 Å². The number of amides is 2. The minimum atomic E-state index is -4.98. The van der Waals surface area contributed by atoms with Gasteiger partial charge in [-0.15, -0.1) is 0 Å². The van der Waals surface area contributed by atoms with Crippen molar-refractivity contribution < 1.29 is 31.1 Å². The molecule has 0 aromatic heterocycles. The van der Waals surface area contributed by atoms with Crippen molar-refractivity contribution in [3.63, 3.8) is 0 Å². The Kier molecular flexibility index (Phi) is 8.35. The van der Waals surface area contributed by atoms with Crippen molar-refractivity contribution in [2.75, 3.05) is 11.9 Å². The smallest absolute Gasteiger partial charge is 0.338 e. The number of alkyl halides is 6. The molecule has 32 heavy (non-hydrogen) atoms. The molecule has 9 heteroatoms. The maximum absolute atomic E-state index is 12.9. The van der Waals surface area contributed by atoms with Gasteiger partial charge in [0.1, 0.15) is 0 Å². The molecule has 3 nitrogen and oxygen atoms in total. The van der Waals surface area contributed by atoms with Crippen molar-refractivity contribution >= 4 is 17.3 Å². The molecule has 174 valence electrons. The van der Waals surface area contributed by atoms with E-state index in [0.29, 0.717) is 12.1 Å². The van der Waals surface area contributed by atoms with Gasteiger partial charge in [0.25, 0.3) is 0 Å². The molecular formula is C23H24F6N2O. The number of rotatable bonds is 7. The van der Waals surface area contributed by atoms with Gasteiger partial charge in [-0.3, -0.25) is 0 Å². The lowest BCUT2D eigenvalue weighted by atomic mass is 10.0. The third kappa shape index (κ3) is 7.94. The lowest BCUT2D eigenvalue weighted by molar-refractivity contribution is -0.143. The molecule has 0 heterocycles. The minimum absolute atomic E-state index is 0.0100. The van der Waals surface area contributed by atoms with Crippen LogP contribution in [0.25, 0.3) is 5.57 Å². The highest BCUT2D eigenvalue weighted by Crippen LogP contribution is 2.37. The highest BCUT2D eigenvalue weighted by atomic mass is 19.4. The average Bonchev–Trinajstić information content (AvgIpc) is 2.71. The molecule has 0 bridgehead atoms. The molecule has 0 aliphatic carbocycles. The zero-order valence-corrected chi connectivity index (χ0v) is 17.6. The van der Waals surface area contributed by atoms with Gasteiger partial charge >= 0.3 is 18.4 Å². The Morgan fingerprint density at radius 1 is 0.969 bits per heavy atom. The number of allylic oxidation sites excluding steroid dienone is 2. The molecule has 1 atom stereocenters. The van der Waals surface area contributed by atoms with Gasteiger partial charge in [-0.05, 0) is 55.0 Å². The van der Waals surface area contributed by atoms with Crippen LogP contribution < -0.4 is 10.6 Å². The maximum Gasteiger partial charge on any atom is 0.416 e. The Labute approximate surface area is 182 Å². The van der Waals surface area contributed by atoms with Crippen molar-refractivity contribution in [1.82, 2.24) is 5.32 Å². The summed E-state index contributed by atoms with van der Waals surface area (Å²) in [5.74, 6) is 0.0489. The first-order chi connectivity index (χ1) is 14.9. The highest BCUT2D eigenvalue weighted by molar-refractivity contribution is 5.89. The second-order valence-corrected chi connectivity index (χ2v) is 7.57. The van der Waals surface area contributed by atoms with Gasteiger partial charge in [0.15, 0.2) is 0 Å². The summed E-state index contributed by atoms with van der Waals surface area (Å²) in [5.41, 5.74) is -1.34. The van der Waals surface area contributed by atoms with E-state index in [2.05, 4.69) is 16.7 Å². The summed E-state index contributed by atoms with van der Waals surface area (Å²) in [6.07, 6.45) is -6.38. The molecule has 0 fully saturated rings. The van der Waals surface area contributed by atoms with Gasteiger partial charge in [0.05, 0.1) is 11.1 Å². The summed E-state index contributed by atoms with van der Waals surface area (Å²) in [4.78, 5) is 12.0. The maximum atomic E-state index is 12.9. The number of hydrogen-bond acceptors (Lipinski definition) is 1. The monoisotopic (exact) mass is 458 g/mol. The Hall–Kier alpha value is -2.97. The molecule has 2 amide bonds. The Bertz CT molecular complexity index is 903. The second kappa shape index (κ2) is 10.6. The third-order valence-electron chi connectivity index (χ3n) is 4.80. The third-order valence-corrected chi connectivity index (χ3v) is 4.80. The molecule has 0 radical (unpaired) electrons. The SMILES string of the molecule is C/C(=C\CCC(C)CNC(=O)Nc1cc(C(F)(F)F)cc(C(F)(F)F)c1)c1ccccc1. The van der Waals surface area contributed by atoms with Crippen LogP contribution >= 0.6 is 0 Å². The van der Waals surface area contributed by atoms with E-state index in [1.165, 1.54) is 0 Å². The number of benzene rings is 2. The van der Waals surface area contributed by atoms with Crippen LogP contribution in [0.5, 0.6) is 0 Å². The van der Waals surface area contributed by atoms with Gasteiger partial charge in [-0.25, -0.2) is 4.79 Å². The van der Waals surface area contributed by atoms with Crippen LogP contribution in [0.15, 0.2) is 54.6 Å². The van der Waals surface area contributed by atoms with E-state index in [1.54, 1.807) is 0 Å². The van der Waals surface area contributed by atoms with E-state index in [1.807, 2.05) is 44.2 Å². The zero-order chi connectivity index (χ0) is 23.9. The molecule has 0 saturated carbocycles. The minimum Gasteiger partial charge on any atom is -0.338 e. The van der Waals surface area contributed by atoms with E-state index in [4.69, 9.17) is 0 Å². The van der Waals surface area contributed by atoms with Crippen LogP contribution in [-0.2, 0) is 12.4 Å². The number of nitrogens with one attached hydrogen (secondary N) is 2. The van der Waals surface area contributed by atoms with Gasteiger partial charge in [0, 0.05) is 12.2 Å². The first-order valence-electron chi connectivity index (χ1n) is 9.93. The molecule has 2 aromatic rings. The fourth-order valence-corrected chi connectivity index (χ4v) is 2.97. The largest absolute Gasteiger partial charge is 0.416 e. The van der Waals surface area contributed by atoms with Crippen LogP contribution in [0.4, 0.5) is 36.8 Å². The number of carbonyl (C=O) groups is 1. The molecule has 2 aromatic carbocycles. The van der Waals surface area contributed by atoms with Crippen molar-refractivity contribution in [2.24, 2.45) is 5.92 Å². The van der Waals surface area contributed by atoms with Crippen LogP contribution in [0, 0.1) is 5.92 Å². The van der Waals surface area contributed by atoms with E-state index < -0.39 is 35.2 Å². The predicted octanol–water partition coefficient (Wildman–Crippen LogP) is 7.37. The summed E-state index contributed by atoms with van der Waals surface area (Å²) in [6.45, 7) is 4.10. The number of anilines is 1. The van der Waals surface area contributed by atoms with Crippen molar-refractivity contribution in [3.8, 4) is 0 Å². The highest BCUT2D eigenvalue weighted by Gasteiger charge is 2.37. The Balaban J connectivity index is 1.91. The van der Waals surface area contributed by atoms with Gasteiger partial charge in [0.2, 0.25) is 0 Å². The Morgan fingerprint density at radius 3 is 2.06 bits per heavy atom. The molecule has 2 N–H and O–H groups in total. The number of hydrogen-bond donors (Lipinski definition) is 2. The summed E-state index contributed by atoms with van der Waals surface area (Å²) >= 11 is 0. The van der Waals surface area contributed by atoms with Crippen LogP contribution in [0.2, 0.25) is 0 Å².